The first-order valence-electron chi connectivity index (χ1n) is 4.77. The number of H-pyrrole nitrogens is 1. The third-order valence-electron chi connectivity index (χ3n) is 2.09. The van der Waals surface area contributed by atoms with Crippen molar-refractivity contribution in [1.82, 2.24) is 15.5 Å². The molecule has 0 fully saturated rings. The zero-order chi connectivity index (χ0) is 11.3. The summed E-state index contributed by atoms with van der Waals surface area (Å²) in [5.74, 6) is -0.256. The zero-order valence-corrected chi connectivity index (χ0v) is 8.91. The number of rotatable bonds is 5. The highest BCUT2D eigenvalue weighted by molar-refractivity contribution is 5.97. The first kappa shape index (κ1) is 11.5. The van der Waals surface area contributed by atoms with Crippen molar-refractivity contribution in [3.63, 3.8) is 0 Å². The average Bonchev–Trinajstić information content (AvgIpc) is 2.63. The number of methoxy groups -OCH3 is 1. The molecular formula is C9H16N4O2. The number of nitrogens with zero attached hydrogens (tertiary/aromatic N) is 1. The second-order valence-corrected chi connectivity index (χ2v) is 3.23. The molecule has 0 aliphatic carbocycles. The lowest BCUT2D eigenvalue weighted by molar-refractivity contribution is 0.0890. The molecule has 0 aromatic carbocycles. The van der Waals surface area contributed by atoms with Gasteiger partial charge in [0.05, 0.1) is 24.5 Å². The zero-order valence-electron chi connectivity index (χ0n) is 8.91. The number of anilines is 1. The minimum absolute atomic E-state index is 0.00907. The van der Waals surface area contributed by atoms with E-state index in [0.29, 0.717) is 18.0 Å². The second kappa shape index (κ2) is 5.35. The standard InChI is InChI=1S/C9H16N4O2/c1-3-6(5-15-2)12-9(14)8-7(10)4-11-13-8/h4,6H,3,5,10H2,1-2H3,(H,11,13)(H,12,14). The van der Waals surface area contributed by atoms with Crippen molar-refractivity contribution < 1.29 is 9.53 Å². The van der Waals surface area contributed by atoms with Gasteiger partial charge in [-0.25, -0.2) is 0 Å². The van der Waals surface area contributed by atoms with Crippen LogP contribution in [0.15, 0.2) is 6.20 Å². The summed E-state index contributed by atoms with van der Waals surface area (Å²) in [4.78, 5) is 11.7. The van der Waals surface area contributed by atoms with Crippen molar-refractivity contribution >= 4 is 11.6 Å². The van der Waals surface area contributed by atoms with Crippen molar-refractivity contribution in [2.24, 2.45) is 0 Å². The van der Waals surface area contributed by atoms with Gasteiger partial charge in [0.15, 0.2) is 0 Å². The van der Waals surface area contributed by atoms with Gasteiger partial charge in [-0.2, -0.15) is 5.10 Å². The van der Waals surface area contributed by atoms with Crippen molar-refractivity contribution in [1.29, 1.82) is 0 Å². The summed E-state index contributed by atoms with van der Waals surface area (Å²) in [6.07, 6.45) is 2.21. The van der Waals surface area contributed by atoms with Crippen LogP contribution in [-0.2, 0) is 4.74 Å². The van der Waals surface area contributed by atoms with E-state index in [1.54, 1.807) is 7.11 Å². The van der Waals surface area contributed by atoms with Crippen LogP contribution in [0.4, 0.5) is 5.69 Å². The molecule has 6 heteroatoms. The van der Waals surface area contributed by atoms with Crippen LogP contribution < -0.4 is 11.1 Å². The molecule has 6 nitrogen and oxygen atoms in total. The number of aromatic amines is 1. The molecule has 4 N–H and O–H groups in total. The van der Waals surface area contributed by atoms with E-state index < -0.39 is 0 Å². The predicted octanol–water partition coefficient (Wildman–Crippen LogP) is 0.147. The summed E-state index contributed by atoms with van der Waals surface area (Å²) in [6.45, 7) is 2.45. The minimum Gasteiger partial charge on any atom is -0.396 e. The molecule has 1 unspecified atom stereocenters. The SMILES string of the molecule is CCC(COC)NC(=O)c1[nH]ncc1N. The largest absolute Gasteiger partial charge is 0.396 e. The number of ether oxygens (including phenoxy) is 1. The lowest BCUT2D eigenvalue weighted by Gasteiger charge is -2.15. The highest BCUT2D eigenvalue weighted by Crippen LogP contribution is 2.06. The van der Waals surface area contributed by atoms with E-state index in [1.165, 1.54) is 6.20 Å². The predicted molar refractivity (Wildman–Crippen MR) is 56.4 cm³/mol. The maximum Gasteiger partial charge on any atom is 0.271 e. The summed E-state index contributed by atoms with van der Waals surface area (Å²) in [6, 6.07) is -0.00907. The van der Waals surface area contributed by atoms with Crippen molar-refractivity contribution in [3.05, 3.63) is 11.9 Å². The van der Waals surface area contributed by atoms with Crippen LogP contribution in [0, 0.1) is 0 Å². The molecule has 0 aliphatic heterocycles. The second-order valence-electron chi connectivity index (χ2n) is 3.23. The Hall–Kier alpha value is -1.56. The van der Waals surface area contributed by atoms with Crippen molar-refractivity contribution in [3.8, 4) is 0 Å². The molecule has 0 radical (unpaired) electrons. The van der Waals surface area contributed by atoms with Crippen molar-refractivity contribution in [2.75, 3.05) is 19.5 Å². The summed E-state index contributed by atoms with van der Waals surface area (Å²) >= 11 is 0. The van der Waals surface area contributed by atoms with Crippen LogP contribution in [0.2, 0.25) is 0 Å². The Bertz CT molecular complexity index is 324. The Labute approximate surface area is 88.2 Å². The first-order valence-corrected chi connectivity index (χ1v) is 4.77. The van der Waals surface area contributed by atoms with Gasteiger partial charge >= 0.3 is 0 Å². The number of hydrogen-bond acceptors (Lipinski definition) is 4. The smallest absolute Gasteiger partial charge is 0.271 e. The van der Waals surface area contributed by atoms with Gasteiger partial charge in [-0.05, 0) is 6.42 Å². The molecule has 1 aromatic heterocycles. The van der Waals surface area contributed by atoms with Gasteiger partial charge in [-0.1, -0.05) is 6.92 Å². The Kier molecular flexibility index (Phi) is 4.11. The fourth-order valence-electron chi connectivity index (χ4n) is 1.20. The number of nitrogen functional groups attached to an aromatic ring is 1. The van der Waals surface area contributed by atoms with Crippen LogP contribution >= 0.6 is 0 Å². The Morgan fingerprint density at radius 3 is 3.00 bits per heavy atom. The molecule has 1 atom stereocenters. The highest BCUT2D eigenvalue weighted by atomic mass is 16.5. The topological polar surface area (TPSA) is 93.0 Å². The number of hydrogen-bond donors (Lipinski definition) is 3. The maximum atomic E-state index is 11.7. The number of carbonyl (C=O) groups is 1. The lowest BCUT2D eigenvalue weighted by Crippen LogP contribution is -2.37. The summed E-state index contributed by atoms with van der Waals surface area (Å²) in [7, 11) is 1.60. The molecule has 0 aliphatic rings. The fourth-order valence-corrected chi connectivity index (χ4v) is 1.20. The van der Waals surface area contributed by atoms with E-state index in [9.17, 15) is 4.79 Å². The van der Waals surface area contributed by atoms with Crippen LogP contribution in [0.1, 0.15) is 23.8 Å². The molecule has 0 saturated carbocycles. The monoisotopic (exact) mass is 212 g/mol. The Balaban J connectivity index is 2.58. The quantitative estimate of drug-likeness (QED) is 0.647. The van der Waals surface area contributed by atoms with Crippen molar-refractivity contribution in [2.45, 2.75) is 19.4 Å². The van der Waals surface area contributed by atoms with E-state index in [2.05, 4.69) is 15.5 Å². The van der Waals surface area contributed by atoms with E-state index in [4.69, 9.17) is 10.5 Å². The number of nitrogens with two attached hydrogens (primary N) is 1. The van der Waals surface area contributed by atoms with Crippen LogP contribution in [0.5, 0.6) is 0 Å². The molecule has 1 heterocycles. The molecule has 0 spiro atoms. The van der Waals surface area contributed by atoms with Gasteiger partial charge in [-0.15, -0.1) is 0 Å². The van der Waals surface area contributed by atoms with Gasteiger partial charge in [0.25, 0.3) is 5.91 Å². The van der Waals surface area contributed by atoms with Gasteiger partial charge < -0.3 is 15.8 Å². The van der Waals surface area contributed by atoms with Gasteiger partial charge in [0.1, 0.15) is 5.69 Å². The third-order valence-corrected chi connectivity index (χ3v) is 2.09. The lowest BCUT2D eigenvalue weighted by atomic mass is 10.2. The summed E-state index contributed by atoms with van der Waals surface area (Å²) < 4.78 is 4.97. The number of aromatic nitrogens is 2. The van der Waals surface area contributed by atoms with Gasteiger partial charge in [-0.3, -0.25) is 9.89 Å². The number of carbonyl (C=O) groups excluding carboxylic acids is 1. The van der Waals surface area contributed by atoms with Gasteiger partial charge in [0.2, 0.25) is 0 Å². The van der Waals surface area contributed by atoms with E-state index in [1.807, 2.05) is 6.92 Å². The normalized spacial score (nSPS) is 12.4. The van der Waals surface area contributed by atoms with E-state index in [0.717, 1.165) is 6.42 Å². The minimum atomic E-state index is -0.256. The molecule has 15 heavy (non-hydrogen) atoms. The number of amides is 1. The van der Waals surface area contributed by atoms with E-state index in [-0.39, 0.29) is 11.9 Å². The maximum absolute atomic E-state index is 11.7. The first-order chi connectivity index (χ1) is 7.19. The van der Waals surface area contributed by atoms with E-state index >= 15 is 0 Å². The van der Waals surface area contributed by atoms with Gasteiger partial charge in [0, 0.05) is 7.11 Å². The molecule has 1 aromatic rings. The summed E-state index contributed by atoms with van der Waals surface area (Å²) in [5, 5.41) is 9.02. The average molecular weight is 212 g/mol. The molecule has 1 rings (SSSR count). The highest BCUT2D eigenvalue weighted by Gasteiger charge is 2.15. The number of nitrogens with one attached hydrogen (secondary N) is 2. The van der Waals surface area contributed by atoms with Crippen LogP contribution in [-0.4, -0.2) is 35.9 Å². The summed E-state index contributed by atoms with van der Waals surface area (Å²) in [5.41, 5.74) is 6.19. The van der Waals surface area contributed by atoms with Crippen LogP contribution in [0.3, 0.4) is 0 Å². The molecular weight excluding hydrogens is 196 g/mol. The third kappa shape index (κ3) is 2.95. The molecule has 84 valence electrons. The Morgan fingerprint density at radius 2 is 2.53 bits per heavy atom. The van der Waals surface area contributed by atoms with Crippen LogP contribution in [0.25, 0.3) is 0 Å². The molecule has 1 amide bonds. The fraction of sp³-hybridized carbons (Fsp3) is 0.556. The Morgan fingerprint density at radius 1 is 1.80 bits per heavy atom. The molecule has 0 bridgehead atoms. The molecule has 0 saturated heterocycles.